The van der Waals surface area contributed by atoms with Crippen LogP contribution < -0.4 is 0 Å². The number of aliphatic hydroxyl groups is 1. The van der Waals surface area contributed by atoms with Gasteiger partial charge < -0.3 is 5.11 Å². The number of aliphatic hydroxyl groups excluding tert-OH is 1. The third-order valence-corrected chi connectivity index (χ3v) is 1.94. The van der Waals surface area contributed by atoms with Crippen LogP contribution in [0.5, 0.6) is 0 Å². The first-order valence-electron chi connectivity index (χ1n) is 4.40. The molecule has 64 valence electrons. The van der Waals surface area contributed by atoms with Crippen molar-refractivity contribution in [2.75, 3.05) is 0 Å². The van der Waals surface area contributed by atoms with Crippen LogP contribution >= 0.6 is 0 Å². The molecule has 0 aromatic rings. The second kappa shape index (κ2) is 6.24. The van der Waals surface area contributed by atoms with E-state index in [9.17, 15) is 5.11 Å². The summed E-state index contributed by atoms with van der Waals surface area (Å²) in [6.07, 6.45) is 8.88. The van der Waals surface area contributed by atoms with Crippen LogP contribution in [0.15, 0.2) is 0 Å². The standard InChI is InChI=1S/C10H18O/c1-4-7-9(8-5-2)10(11)6-3/h3,9-11H,4-5,7-8H2,1-2H3. The van der Waals surface area contributed by atoms with Crippen LogP contribution in [0.2, 0.25) is 0 Å². The van der Waals surface area contributed by atoms with E-state index < -0.39 is 6.10 Å². The molecule has 0 aliphatic heterocycles. The summed E-state index contributed by atoms with van der Waals surface area (Å²) in [5.41, 5.74) is 0. The molecule has 0 aromatic carbocycles. The van der Waals surface area contributed by atoms with Crippen molar-refractivity contribution in [3.05, 3.63) is 0 Å². The van der Waals surface area contributed by atoms with Crippen molar-refractivity contribution in [3.63, 3.8) is 0 Å². The highest BCUT2D eigenvalue weighted by Gasteiger charge is 2.14. The highest BCUT2D eigenvalue weighted by Crippen LogP contribution is 2.16. The Bertz CT molecular complexity index is 117. The molecule has 0 aliphatic carbocycles. The van der Waals surface area contributed by atoms with E-state index in [2.05, 4.69) is 19.8 Å². The van der Waals surface area contributed by atoms with E-state index in [-0.39, 0.29) is 0 Å². The summed E-state index contributed by atoms with van der Waals surface area (Å²) < 4.78 is 0. The lowest BCUT2D eigenvalue weighted by molar-refractivity contribution is 0.147. The lowest BCUT2D eigenvalue weighted by Gasteiger charge is -2.16. The van der Waals surface area contributed by atoms with Gasteiger partial charge in [0.1, 0.15) is 6.10 Å². The summed E-state index contributed by atoms with van der Waals surface area (Å²) in [6.45, 7) is 4.23. The number of hydrogen-bond acceptors (Lipinski definition) is 1. The fourth-order valence-corrected chi connectivity index (χ4v) is 1.34. The van der Waals surface area contributed by atoms with Crippen LogP contribution in [0.25, 0.3) is 0 Å². The van der Waals surface area contributed by atoms with Crippen molar-refractivity contribution < 1.29 is 5.11 Å². The fraction of sp³-hybridized carbons (Fsp3) is 0.800. The maximum atomic E-state index is 9.34. The smallest absolute Gasteiger partial charge is 0.117 e. The third kappa shape index (κ3) is 4.06. The van der Waals surface area contributed by atoms with Crippen molar-refractivity contribution in [3.8, 4) is 12.3 Å². The molecule has 0 bridgehead atoms. The maximum absolute atomic E-state index is 9.34. The molecule has 0 rings (SSSR count). The van der Waals surface area contributed by atoms with Gasteiger partial charge in [0.15, 0.2) is 0 Å². The monoisotopic (exact) mass is 154 g/mol. The van der Waals surface area contributed by atoms with Crippen molar-refractivity contribution in [2.24, 2.45) is 5.92 Å². The molecule has 0 radical (unpaired) electrons. The molecule has 0 fully saturated rings. The highest BCUT2D eigenvalue weighted by molar-refractivity contribution is 4.96. The van der Waals surface area contributed by atoms with Gasteiger partial charge in [-0.2, -0.15) is 0 Å². The quantitative estimate of drug-likeness (QED) is 0.602. The van der Waals surface area contributed by atoms with E-state index in [0.29, 0.717) is 5.92 Å². The predicted octanol–water partition coefficient (Wildman–Crippen LogP) is 2.20. The molecule has 1 unspecified atom stereocenters. The maximum Gasteiger partial charge on any atom is 0.117 e. The second-order valence-corrected chi connectivity index (χ2v) is 2.95. The first kappa shape index (κ1) is 10.5. The molecule has 0 saturated carbocycles. The molecule has 0 spiro atoms. The van der Waals surface area contributed by atoms with Crippen molar-refractivity contribution in [1.82, 2.24) is 0 Å². The topological polar surface area (TPSA) is 20.2 Å². The molecule has 0 aromatic heterocycles. The largest absolute Gasteiger partial charge is 0.380 e. The minimum Gasteiger partial charge on any atom is -0.380 e. The fourth-order valence-electron chi connectivity index (χ4n) is 1.34. The third-order valence-electron chi connectivity index (χ3n) is 1.94. The Morgan fingerprint density at radius 2 is 1.73 bits per heavy atom. The van der Waals surface area contributed by atoms with Crippen molar-refractivity contribution in [1.29, 1.82) is 0 Å². The van der Waals surface area contributed by atoms with Crippen molar-refractivity contribution in [2.45, 2.75) is 45.6 Å². The van der Waals surface area contributed by atoms with Crippen LogP contribution in [0, 0.1) is 18.3 Å². The van der Waals surface area contributed by atoms with Crippen LogP contribution in [0.4, 0.5) is 0 Å². The van der Waals surface area contributed by atoms with Gasteiger partial charge in [0.05, 0.1) is 0 Å². The van der Waals surface area contributed by atoms with Crippen LogP contribution in [0.1, 0.15) is 39.5 Å². The van der Waals surface area contributed by atoms with Crippen LogP contribution in [-0.4, -0.2) is 11.2 Å². The number of hydrogen-bond donors (Lipinski definition) is 1. The SMILES string of the molecule is C#CC(O)C(CCC)CCC. The summed E-state index contributed by atoms with van der Waals surface area (Å²) in [7, 11) is 0. The first-order valence-corrected chi connectivity index (χ1v) is 4.40. The van der Waals surface area contributed by atoms with Gasteiger partial charge in [-0.3, -0.25) is 0 Å². The Kier molecular flexibility index (Phi) is 5.97. The van der Waals surface area contributed by atoms with Gasteiger partial charge in [0.2, 0.25) is 0 Å². The Hall–Kier alpha value is -0.480. The van der Waals surface area contributed by atoms with E-state index >= 15 is 0 Å². The average molecular weight is 154 g/mol. The van der Waals surface area contributed by atoms with Gasteiger partial charge in [0, 0.05) is 0 Å². The molecule has 0 heterocycles. The molecule has 0 saturated heterocycles. The highest BCUT2D eigenvalue weighted by atomic mass is 16.3. The van der Waals surface area contributed by atoms with E-state index in [1.54, 1.807) is 0 Å². The van der Waals surface area contributed by atoms with Crippen molar-refractivity contribution >= 4 is 0 Å². The van der Waals surface area contributed by atoms with Gasteiger partial charge in [0.25, 0.3) is 0 Å². The molecular formula is C10H18O. The Morgan fingerprint density at radius 3 is 2.00 bits per heavy atom. The van der Waals surface area contributed by atoms with E-state index in [1.165, 1.54) is 0 Å². The number of terminal acetylenes is 1. The molecule has 1 nitrogen and oxygen atoms in total. The molecule has 0 aliphatic rings. The minimum absolute atomic E-state index is 0.315. The Balaban J connectivity index is 3.78. The average Bonchev–Trinajstić information content (AvgIpc) is 2.03. The van der Waals surface area contributed by atoms with Gasteiger partial charge >= 0.3 is 0 Å². The lowest BCUT2D eigenvalue weighted by atomic mass is 9.93. The summed E-state index contributed by atoms with van der Waals surface area (Å²) in [5, 5.41) is 9.34. The molecule has 11 heavy (non-hydrogen) atoms. The lowest BCUT2D eigenvalue weighted by Crippen LogP contribution is -2.17. The zero-order valence-corrected chi connectivity index (χ0v) is 7.51. The zero-order chi connectivity index (χ0) is 8.69. The van der Waals surface area contributed by atoms with Crippen LogP contribution in [0.3, 0.4) is 0 Å². The molecular weight excluding hydrogens is 136 g/mol. The summed E-state index contributed by atoms with van der Waals surface area (Å²) >= 11 is 0. The first-order chi connectivity index (χ1) is 5.26. The van der Waals surface area contributed by atoms with Crippen LogP contribution in [-0.2, 0) is 0 Å². The normalized spacial score (nSPS) is 13.0. The molecule has 1 N–H and O–H groups in total. The summed E-state index contributed by atoms with van der Waals surface area (Å²) in [5.74, 6) is 2.70. The van der Waals surface area contributed by atoms with E-state index in [4.69, 9.17) is 6.42 Å². The van der Waals surface area contributed by atoms with Gasteiger partial charge in [-0.25, -0.2) is 0 Å². The predicted molar refractivity (Wildman–Crippen MR) is 48.1 cm³/mol. The van der Waals surface area contributed by atoms with Gasteiger partial charge in [-0.05, 0) is 18.8 Å². The van der Waals surface area contributed by atoms with Gasteiger partial charge in [-0.1, -0.05) is 32.6 Å². The van der Waals surface area contributed by atoms with E-state index in [1.807, 2.05) is 0 Å². The Labute approximate surface area is 69.8 Å². The minimum atomic E-state index is -0.533. The van der Waals surface area contributed by atoms with E-state index in [0.717, 1.165) is 25.7 Å². The molecule has 1 heteroatoms. The Morgan fingerprint density at radius 1 is 1.27 bits per heavy atom. The second-order valence-electron chi connectivity index (χ2n) is 2.95. The van der Waals surface area contributed by atoms with Gasteiger partial charge in [-0.15, -0.1) is 6.42 Å². The summed E-state index contributed by atoms with van der Waals surface area (Å²) in [4.78, 5) is 0. The molecule has 1 atom stereocenters. The number of rotatable bonds is 5. The zero-order valence-electron chi connectivity index (χ0n) is 7.51. The molecule has 0 amide bonds. The summed E-state index contributed by atoms with van der Waals surface area (Å²) in [6, 6.07) is 0.